The first kappa shape index (κ1) is 26.5. The molecule has 2 aromatic rings. The molecule has 9 heteroatoms. The van der Waals surface area contributed by atoms with Gasteiger partial charge in [-0.05, 0) is 61.6 Å². The maximum Gasteiger partial charge on any atom is 0.312 e. The zero-order chi connectivity index (χ0) is 22.9. The molecule has 0 radical (unpaired) electrons. The molecule has 2 aliphatic heterocycles. The van der Waals surface area contributed by atoms with Gasteiger partial charge in [-0.15, -0.1) is 0 Å². The zero-order valence-electron chi connectivity index (χ0n) is 18.7. The Balaban J connectivity index is 0.00000306. The number of hydrazone groups is 1. The van der Waals surface area contributed by atoms with Crippen LogP contribution >= 0.6 is 34.8 Å². The standard InChI is InChI=1S/C24H27Cl3N4O.HI/c1-16-22(24(32)29-31(2)13-5-3-4-6-14-31)28-30(21-12-11-19(26)15-20(21)27)23(16)17-7-9-18(25)10-8-17;/h7-12,15-16,23H,3-6,13-14H2,1-2H3;1H/t16-,23-;/m0./s1. The molecule has 0 unspecified atom stereocenters. The summed E-state index contributed by atoms with van der Waals surface area (Å²) in [5.74, 6) is -0.282. The maximum atomic E-state index is 13.4. The molecule has 1 saturated heterocycles. The van der Waals surface area contributed by atoms with Gasteiger partial charge in [-0.3, -0.25) is 9.80 Å². The Bertz CT molecular complexity index is 1020. The van der Waals surface area contributed by atoms with E-state index in [4.69, 9.17) is 39.9 Å². The van der Waals surface area contributed by atoms with Crippen LogP contribution in [0.4, 0.5) is 5.69 Å². The Hall–Kier alpha value is -1.06. The van der Waals surface area contributed by atoms with Crippen LogP contribution in [0.3, 0.4) is 0 Å². The maximum absolute atomic E-state index is 13.4. The van der Waals surface area contributed by atoms with Crippen molar-refractivity contribution in [2.75, 3.05) is 25.1 Å². The minimum Gasteiger partial charge on any atom is -1.00 e. The second-order valence-electron chi connectivity index (χ2n) is 8.91. The minimum absolute atomic E-state index is 0. The van der Waals surface area contributed by atoms with Gasteiger partial charge in [0.25, 0.3) is 0 Å². The van der Waals surface area contributed by atoms with Crippen molar-refractivity contribution in [3.05, 3.63) is 63.1 Å². The first-order chi connectivity index (χ1) is 15.3. The lowest BCUT2D eigenvalue weighted by atomic mass is 9.91. The molecule has 0 saturated carbocycles. The van der Waals surface area contributed by atoms with Crippen molar-refractivity contribution < 1.29 is 33.4 Å². The Kier molecular flexibility index (Phi) is 8.94. The lowest BCUT2D eigenvalue weighted by molar-refractivity contribution is -0.942. The molecule has 0 aromatic heterocycles. The summed E-state index contributed by atoms with van der Waals surface area (Å²) in [6.07, 6.45) is 4.64. The molecule has 1 N–H and O–H groups in total. The van der Waals surface area contributed by atoms with Crippen molar-refractivity contribution in [3.63, 3.8) is 0 Å². The van der Waals surface area contributed by atoms with E-state index in [1.807, 2.05) is 42.3 Å². The molecule has 2 atom stereocenters. The van der Waals surface area contributed by atoms with Crippen LogP contribution in [-0.4, -0.2) is 36.3 Å². The molecule has 2 aromatic carbocycles. The Morgan fingerprint density at radius 3 is 2.21 bits per heavy atom. The van der Waals surface area contributed by atoms with E-state index in [9.17, 15) is 4.79 Å². The smallest absolute Gasteiger partial charge is 0.312 e. The highest BCUT2D eigenvalue weighted by atomic mass is 127. The average Bonchev–Trinajstić information content (AvgIpc) is 2.93. The summed E-state index contributed by atoms with van der Waals surface area (Å²) in [6.45, 7) is 3.89. The van der Waals surface area contributed by atoms with Gasteiger partial charge >= 0.3 is 5.91 Å². The van der Waals surface area contributed by atoms with Gasteiger partial charge in [0.1, 0.15) is 18.8 Å². The second kappa shape index (κ2) is 11.1. The molecule has 1 amide bonds. The number of nitrogens with zero attached hydrogens (tertiary/aromatic N) is 3. The van der Waals surface area contributed by atoms with Crippen LogP contribution in [0.2, 0.25) is 15.1 Å². The highest BCUT2D eigenvalue weighted by Gasteiger charge is 2.42. The van der Waals surface area contributed by atoms with Gasteiger partial charge in [0, 0.05) is 16.0 Å². The Morgan fingerprint density at radius 2 is 1.61 bits per heavy atom. The van der Waals surface area contributed by atoms with Crippen molar-refractivity contribution in [1.82, 2.24) is 5.43 Å². The van der Waals surface area contributed by atoms with E-state index in [1.165, 1.54) is 12.8 Å². The molecule has 178 valence electrons. The van der Waals surface area contributed by atoms with Crippen LogP contribution in [-0.2, 0) is 4.79 Å². The van der Waals surface area contributed by atoms with Gasteiger partial charge in [0.05, 0.1) is 23.8 Å². The Labute approximate surface area is 227 Å². The molecule has 2 heterocycles. The monoisotopic (exact) mass is 620 g/mol. The van der Waals surface area contributed by atoms with E-state index in [1.54, 1.807) is 12.1 Å². The van der Waals surface area contributed by atoms with E-state index in [2.05, 4.69) is 12.5 Å². The minimum atomic E-state index is -0.193. The van der Waals surface area contributed by atoms with Crippen molar-refractivity contribution in [3.8, 4) is 0 Å². The zero-order valence-corrected chi connectivity index (χ0v) is 23.1. The number of likely N-dealkylation sites (tertiary alicyclic amines) is 1. The molecular formula is C24H28Cl3IN4O. The summed E-state index contributed by atoms with van der Waals surface area (Å²) in [4.78, 5) is 13.4. The number of hydrogen-bond donors (Lipinski definition) is 1. The fourth-order valence-corrected chi connectivity index (χ4v) is 5.27. The average molecular weight is 622 g/mol. The third-order valence-corrected chi connectivity index (χ3v) is 7.20. The van der Waals surface area contributed by atoms with Crippen LogP contribution in [0.5, 0.6) is 0 Å². The van der Waals surface area contributed by atoms with Gasteiger partial charge in [0.2, 0.25) is 0 Å². The molecular weight excluding hydrogens is 594 g/mol. The molecule has 0 bridgehead atoms. The van der Waals surface area contributed by atoms with E-state index in [0.29, 0.717) is 31.1 Å². The first-order valence-corrected chi connectivity index (χ1v) is 12.2. The van der Waals surface area contributed by atoms with Crippen LogP contribution < -0.4 is 34.4 Å². The summed E-state index contributed by atoms with van der Waals surface area (Å²) >= 11 is 18.8. The van der Waals surface area contributed by atoms with Crippen LogP contribution in [0.25, 0.3) is 0 Å². The largest absolute Gasteiger partial charge is 1.00 e. The third kappa shape index (κ3) is 5.96. The highest BCUT2D eigenvalue weighted by molar-refractivity contribution is 6.40. The topological polar surface area (TPSA) is 44.7 Å². The summed E-state index contributed by atoms with van der Waals surface area (Å²) in [5, 5.41) is 8.33. The number of hydrogen-bond acceptors (Lipinski definition) is 3. The van der Waals surface area contributed by atoms with Crippen molar-refractivity contribution >= 4 is 52.1 Å². The van der Waals surface area contributed by atoms with Crippen LogP contribution in [0.1, 0.15) is 44.2 Å². The molecule has 1 fully saturated rings. The second-order valence-corrected chi connectivity index (χ2v) is 10.2. The van der Waals surface area contributed by atoms with Gasteiger partial charge in [-0.1, -0.05) is 53.9 Å². The lowest BCUT2D eigenvalue weighted by Crippen LogP contribution is -3.00. The van der Waals surface area contributed by atoms with E-state index in [-0.39, 0.29) is 41.8 Å². The summed E-state index contributed by atoms with van der Waals surface area (Å²) < 4.78 is 0.540. The normalized spacial score (nSPS) is 22.2. The number of quaternary nitrogens is 1. The van der Waals surface area contributed by atoms with Crippen LogP contribution in [0.15, 0.2) is 47.6 Å². The highest BCUT2D eigenvalue weighted by Crippen LogP contribution is 2.42. The fourth-order valence-electron chi connectivity index (χ4n) is 4.64. The van der Waals surface area contributed by atoms with Crippen LogP contribution in [0, 0.1) is 5.92 Å². The number of nitrogens with one attached hydrogen (secondary N) is 1. The molecule has 2 aliphatic rings. The van der Waals surface area contributed by atoms with Crippen molar-refractivity contribution in [2.24, 2.45) is 11.0 Å². The van der Waals surface area contributed by atoms with Crippen molar-refractivity contribution in [1.29, 1.82) is 0 Å². The molecule has 33 heavy (non-hydrogen) atoms. The number of amides is 1. The summed E-state index contributed by atoms with van der Waals surface area (Å²) in [6, 6.07) is 12.8. The fraction of sp³-hybridized carbons (Fsp3) is 0.417. The SMILES string of the molecule is C[C@H]1C(C(=O)N[N+]2(C)CCCCCC2)=NN(c2ccc(Cl)cc2Cl)[C@@H]1c1ccc(Cl)cc1.[I-]. The van der Waals surface area contributed by atoms with E-state index in [0.717, 1.165) is 31.5 Å². The number of rotatable bonds is 4. The van der Waals surface area contributed by atoms with E-state index >= 15 is 0 Å². The van der Waals surface area contributed by atoms with Gasteiger partial charge in [0.15, 0.2) is 0 Å². The predicted molar refractivity (Wildman–Crippen MR) is 132 cm³/mol. The predicted octanol–water partition coefficient (Wildman–Crippen LogP) is 3.26. The van der Waals surface area contributed by atoms with Gasteiger partial charge in [-0.2, -0.15) is 10.5 Å². The molecule has 5 nitrogen and oxygen atoms in total. The van der Waals surface area contributed by atoms with Crippen molar-refractivity contribution in [2.45, 2.75) is 38.6 Å². The number of carbonyl (C=O) groups is 1. The molecule has 0 spiro atoms. The number of anilines is 1. The summed E-state index contributed by atoms with van der Waals surface area (Å²) in [7, 11) is 2.09. The quantitative estimate of drug-likeness (QED) is 0.421. The number of benzene rings is 2. The molecule has 4 rings (SSSR count). The van der Waals surface area contributed by atoms with Gasteiger partial charge < -0.3 is 24.0 Å². The number of carbonyl (C=O) groups excluding carboxylic acids is 1. The molecule has 0 aliphatic carbocycles. The van der Waals surface area contributed by atoms with Gasteiger partial charge in [-0.25, -0.2) is 4.59 Å². The Morgan fingerprint density at radius 1 is 1.00 bits per heavy atom. The van der Waals surface area contributed by atoms with E-state index < -0.39 is 0 Å². The third-order valence-electron chi connectivity index (χ3n) is 6.41. The summed E-state index contributed by atoms with van der Waals surface area (Å²) in [5.41, 5.74) is 5.47. The lowest BCUT2D eigenvalue weighted by Gasteiger charge is -2.32. The first-order valence-electron chi connectivity index (χ1n) is 11.0. The number of halogens is 4.